The van der Waals surface area contributed by atoms with Crippen LogP contribution in [0.4, 0.5) is 4.39 Å². The highest BCUT2D eigenvalue weighted by Crippen LogP contribution is 2.17. The fraction of sp³-hybridized carbons (Fsp3) is 0.100. The first kappa shape index (κ1) is 7.98. The summed E-state index contributed by atoms with van der Waals surface area (Å²) in [6.45, 7) is 1.86. The van der Waals surface area contributed by atoms with E-state index in [1.54, 1.807) is 12.3 Å². The van der Waals surface area contributed by atoms with Crippen molar-refractivity contribution in [1.82, 2.24) is 9.97 Å². The molecule has 1 N–H and O–H groups in total. The van der Waals surface area contributed by atoms with Crippen LogP contribution in [0, 0.1) is 12.7 Å². The molecule has 1 aromatic heterocycles. The van der Waals surface area contributed by atoms with Crippen molar-refractivity contribution in [3.63, 3.8) is 0 Å². The lowest BCUT2D eigenvalue weighted by Crippen LogP contribution is -1.79. The molecule has 0 radical (unpaired) electrons. The molecule has 0 fully saturated rings. The molecule has 0 saturated heterocycles. The van der Waals surface area contributed by atoms with Gasteiger partial charge in [0, 0.05) is 5.56 Å². The maximum absolute atomic E-state index is 12.8. The number of H-pyrrole nitrogens is 1. The highest BCUT2D eigenvalue weighted by Gasteiger charge is 2.00. The van der Waals surface area contributed by atoms with Crippen LogP contribution in [0.1, 0.15) is 5.82 Å². The number of aromatic nitrogens is 2. The Bertz CT molecular complexity index is 420. The molecular formula is C10H9FN2. The van der Waals surface area contributed by atoms with Gasteiger partial charge in [0.1, 0.15) is 11.6 Å². The summed E-state index contributed by atoms with van der Waals surface area (Å²) in [7, 11) is 0. The predicted molar refractivity (Wildman–Crippen MR) is 48.7 cm³/mol. The number of halogens is 1. The highest BCUT2D eigenvalue weighted by atomic mass is 19.1. The van der Waals surface area contributed by atoms with E-state index in [0.717, 1.165) is 17.1 Å². The van der Waals surface area contributed by atoms with Crippen molar-refractivity contribution in [3.8, 4) is 11.3 Å². The molecule has 13 heavy (non-hydrogen) atoms. The van der Waals surface area contributed by atoms with Crippen LogP contribution in [-0.4, -0.2) is 9.97 Å². The van der Waals surface area contributed by atoms with Crippen molar-refractivity contribution in [2.75, 3.05) is 0 Å². The highest BCUT2D eigenvalue weighted by molar-refractivity contribution is 5.58. The van der Waals surface area contributed by atoms with E-state index in [-0.39, 0.29) is 5.82 Å². The normalized spacial score (nSPS) is 10.3. The largest absolute Gasteiger partial charge is 0.342 e. The van der Waals surface area contributed by atoms with E-state index in [1.807, 2.05) is 13.0 Å². The summed E-state index contributed by atoms with van der Waals surface area (Å²) in [4.78, 5) is 7.09. The van der Waals surface area contributed by atoms with E-state index in [0.29, 0.717) is 0 Å². The summed E-state index contributed by atoms with van der Waals surface area (Å²) in [6, 6.07) is 6.43. The minimum atomic E-state index is -0.232. The Morgan fingerprint density at radius 1 is 1.38 bits per heavy atom. The second kappa shape index (κ2) is 3.01. The molecule has 0 spiro atoms. The van der Waals surface area contributed by atoms with Crippen molar-refractivity contribution in [2.24, 2.45) is 0 Å². The third kappa shape index (κ3) is 1.59. The molecule has 0 atom stereocenters. The standard InChI is InChI=1S/C10H9FN2/c1-7-12-6-10(13-7)8-3-2-4-9(11)5-8/h2-6H,1H3,(H,12,13). The van der Waals surface area contributed by atoms with Crippen LogP contribution in [0.25, 0.3) is 11.3 Å². The molecule has 2 nitrogen and oxygen atoms in total. The Morgan fingerprint density at radius 3 is 2.85 bits per heavy atom. The number of benzene rings is 1. The molecule has 3 heteroatoms. The molecule has 0 aliphatic carbocycles. The van der Waals surface area contributed by atoms with E-state index < -0.39 is 0 Å². The number of nitrogens with one attached hydrogen (secondary N) is 1. The van der Waals surface area contributed by atoms with Gasteiger partial charge >= 0.3 is 0 Å². The Balaban J connectivity index is 2.46. The predicted octanol–water partition coefficient (Wildman–Crippen LogP) is 2.52. The fourth-order valence-electron chi connectivity index (χ4n) is 1.22. The van der Waals surface area contributed by atoms with Crippen molar-refractivity contribution in [3.05, 3.63) is 42.1 Å². The third-order valence-electron chi connectivity index (χ3n) is 1.84. The number of rotatable bonds is 1. The first-order chi connectivity index (χ1) is 6.25. The summed E-state index contributed by atoms with van der Waals surface area (Å²) in [5, 5.41) is 0. The summed E-state index contributed by atoms with van der Waals surface area (Å²) in [6.07, 6.45) is 1.70. The number of hydrogen-bond acceptors (Lipinski definition) is 1. The quantitative estimate of drug-likeness (QED) is 0.710. The first-order valence-corrected chi connectivity index (χ1v) is 4.03. The zero-order valence-corrected chi connectivity index (χ0v) is 7.21. The van der Waals surface area contributed by atoms with Crippen LogP contribution in [0.2, 0.25) is 0 Å². The maximum Gasteiger partial charge on any atom is 0.123 e. The Morgan fingerprint density at radius 2 is 2.23 bits per heavy atom. The van der Waals surface area contributed by atoms with Crippen LogP contribution in [0.5, 0.6) is 0 Å². The number of aryl methyl sites for hydroxylation is 1. The molecule has 1 aromatic carbocycles. The van der Waals surface area contributed by atoms with Crippen molar-refractivity contribution < 1.29 is 4.39 Å². The van der Waals surface area contributed by atoms with E-state index in [4.69, 9.17) is 0 Å². The van der Waals surface area contributed by atoms with E-state index in [1.165, 1.54) is 12.1 Å². The van der Waals surface area contributed by atoms with Crippen molar-refractivity contribution >= 4 is 0 Å². The van der Waals surface area contributed by atoms with Crippen LogP contribution < -0.4 is 0 Å². The van der Waals surface area contributed by atoms with E-state index >= 15 is 0 Å². The number of imidazole rings is 1. The van der Waals surface area contributed by atoms with Gasteiger partial charge in [0.25, 0.3) is 0 Å². The molecule has 1 heterocycles. The monoisotopic (exact) mass is 176 g/mol. The van der Waals surface area contributed by atoms with Gasteiger partial charge in [-0.25, -0.2) is 9.37 Å². The molecule has 0 aliphatic heterocycles. The van der Waals surface area contributed by atoms with Gasteiger partial charge in [-0.05, 0) is 19.1 Å². The Labute approximate surface area is 75.4 Å². The zero-order valence-electron chi connectivity index (χ0n) is 7.21. The molecule has 0 bridgehead atoms. The number of aromatic amines is 1. The lowest BCUT2D eigenvalue weighted by atomic mass is 10.2. The fourth-order valence-corrected chi connectivity index (χ4v) is 1.22. The van der Waals surface area contributed by atoms with Gasteiger partial charge in [-0.15, -0.1) is 0 Å². The molecule has 0 amide bonds. The SMILES string of the molecule is Cc1ncc(-c2cccc(F)c2)[nH]1. The first-order valence-electron chi connectivity index (χ1n) is 4.03. The van der Waals surface area contributed by atoms with Crippen LogP contribution >= 0.6 is 0 Å². The van der Waals surface area contributed by atoms with Gasteiger partial charge in [0.05, 0.1) is 11.9 Å². The lowest BCUT2D eigenvalue weighted by Gasteiger charge is -1.96. The van der Waals surface area contributed by atoms with Crippen LogP contribution in [-0.2, 0) is 0 Å². The third-order valence-corrected chi connectivity index (χ3v) is 1.84. The van der Waals surface area contributed by atoms with E-state index in [2.05, 4.69) is 9.97 Å². The summed E-state index contributed by atoms with van der Waals surface area (Å²) >= 11 is 0. The van der Waals surface area contributed by atoms with Crippen LogP contribution in [0.15, 0.2) is 30.5 Å². The molecule has 2 aromatic rings. The van der Waals surface area contributed by atoms with Gasteiger partial charge in [-0.3, -0.25) is 0 Å². The van der Waals surface area contributed by atoms with Gasteiger partial charge in [0.2, 0.25) is 0 Å². The van der Waals surface area contributed by atoms with Gasteiger partial charge in [-0.1, -0.05) is 12.1 Å². The Kier molecular flexibility index (Phi) is 1.85. The van der Waals surface area contributed by atoms with Crippen molar-refractivity contribution in [1.29, 1.82) is 0 Å². The lowest BCUT2D eigenvalue weighted by molar-refractivity contribution is 0.628. The smallest absolute Gasteiger partial charge is 0.123 e. The minimum Gasteiger partial charge on any atom is -0.342 e. The topological polar surface area (TPSA) is 28.7 Å². The molecule has 66 valence electrons. The Hall–Kier alpha value is -1.64. The second-order valence-electron chi connectivity index (χ2n) is 2.89. The average Bonchev–Trinajstić information content (AvgIpc) is 2.52. The molecular weight excluding hydrogens is 167 g/mol. The van der Waals surface area contributed by atoms with Crippen molar-refractivity contribution in [2.45, 2.75) is 6.92 Å². The minimum absolute atomic E-state index is 0.232. The molecule has 0 unspecified atom stereocenters. The molecule has 2 rings (SSSR count). The maximum atomic E-state index is 12.8. The molecule has 0 aliphatic rings. The van der Waals surface area contributed by atoms with Gasteiger partial charge in [-0.2, -0.15) is 0 Å². The summed E-state index contributed by atoms with van der Waals surface area (Å²) in [5.41, 5.74) is 1.66. The number of hydrogen-bond donors (Lipinski definition) is 1. The average molecular weight is 176 g/mol. The zero-order chi connectivity index (χ0) is 9.26. The van der Waals surface area contributed by atoms with Gasteiger partial charge < -0.3 is 4.98 Å². The van der Waals surface area contributed by atoms with Crippen LogP contribution in [0.3, 0.4) is 0 Å². The number of nitrogens with zero attached hydrogens (tertiary/aromatic N) is 1. The summed E-state index contributed by atoms with van der Waals surface area (Å²) < 4.78 is 12.8. The van der Waals surface area contributed by atoms with Gasteiger partial charge in [0.15, 0.2) is 0 Å². The summed E-state index contributed by atoms with van der Waals surface area (Å²) in [5.74, 6) is 0.601. The second-order valence-corrected chi connectivity index (χ2v) is 2.89. The van der Waals surface area contributed by atoms with E-state index in [9.17, 15) is 4.39 Å². The molecule has 0 saturated carbocycles.